The lowest BCUT2D eigenvalue weighted by Crippen LogP contribution is -2.55. The van der Waals surface area contributed by atoms with Crippen LogP contribution in [0.5, 0.6) is 0 Å². The van der Waals surface area contributed by atoms with Crippen LogP contribution in [-0.4, -0.2) is 86.1 Å². The van der Waals surface area contributed by atoms with Crippen molar-refractivity contribution in [2.75, 3.05) is 25.1 Å². The van der Waals surface area contributed by atoms with Crippen LogP contribution in [0.4, 0.5) is 14.6 Å². The number of aliphatic hydroxyl groups excluding tert-OH is 2. The number of ether oxygens (including phenoxy) is 1. The van der Waals surface area contributed by atoms with Crippen molar-refractivity contribution in [2.24, 2.45) is 5.41 Å². The summed E-state index contributed by atoms with van der Waals surface area (Å²) in [7, 11) is -3.80. The zero-order chi connectivity index (χ0) is 31.6. The Labute approximate surface area is 238 Å². The highest BCUT2D eigenvalue weighted by Gasteiger charge is 2.59. The summed E-state index contributed by atoms with van der Waals surface area (Å²) in [4.78, 5) is 35.4. The average molecular weight is 613 g/mol. The van der Waals surface area contributed by atoms with Crippen molar-refractivity contribution in [3.8, 4) is 0 Å². The van der Waals surface area contributed by atoms with Gasteiger partial charge in [-0.25, -0.2) is 4.79 Å². The second-order valence-electron chi connectivity index (χ2n) is 11.7. The molecular formula is C25H43F2N4O9P. The number of hydrogen-bond acceptors (Lipinski definition) is 11. The fourth-order valence-electron chi connectivity index (χ4n) is 4.30. The minimum atomic E-state index is -3.88. The number of carbonyl (C=O) groups is 1. The normalized spacial score (nSPS) is 23.0. The average Bonchev–Trinajstić information content (AvgIpc) is 3.05. The van der Waals surface area contributed by atoms with Gasteiger partial charge in [0.1, 0.15) is 17.7 Å². The molecule has 2 rings (SSSR count). The SMILES string of the molecule is CCOP(=O)(OCC)C(N(OC(C)C(=O)Nc1ccn([C@@H]2O[C@H](CO)[C@@H](O)C2(F)F)c(=O)n1)C(C)(C)C)C(C)(C)C. The maximum atomic E-state index is 14.5. The standard InChI is InChI=1S/C25H43F2N4O9P/c1-10-37-41(36,38-11-2)21(23(4,5)6)31(24(7,8)9)40-15(3)19(34)28-17-12-13-30(22(35)29-17)20-25(26,27)18(33)16(14-32)39-20/h12-13,15-16,18,20-21,32-33H,10-11,14H2,1-9H3,(H,28,29,34,35)/t15?,16-,18-,20-,21?/m1/s1. The Morgan fingerprint density at radius 1 is 1.24 bits per heavy atom. The molecule has 0 spiro atoms. The molecule has 1 aliphatic heterocycles. The van der Waals surface area contributed by atoms with Gasteiger partial charge in [-0.3, -0.25) is 18.8 Å². The molecule has 13 nitrogen and oxygen atoms in total. The fourth-order valence-corrected chi connectivity index (χ4v) is 6.98. The summed E-state index contributed by atoms with van der Waals surface area (Å²) in [5, 5.41) is 22.7. The van der Waals surface area contributed by atoms with Gasteiger partial charge in [-0.15, -0.1) is 0 Å². The van der Waals surface area contributed by atoms with Gasteiger partial charge >= 0.3 is 19.2 Å². The minimum absolute atomic E-state index is 0.118. The molecule has 2 heterocycles. The third kappa shape index (κ3) is 7.96. The molecule has 2 unspecified atom stereocenters. The van der Waals surface area contributed by atoms with Gasteiger partial charge in [-0.05, 0) is 53.0 Å². The minimum Gasteiger partial charge on any atom is -0.394 e. The van der Waals surface area contributed by atoms with Gasteiger partial charge in [0, 0.05) is 11.7 Å². The second kappa shape index (κ2) is 13.2. The van der Waals surface area contributed by atoms with Crippen LogP contribution in [0.2, 0.25) is 0 Å². The van der Waals surface area contributed by atoms with Crippen molar-refractivity contribution in [1.29, 1.82) is 0 Å². The van der Waals surface area contributed by atoms with E-state index in [9.17, 15) is 33.1 Å². The fraction of sp³-hybridized carbons (Fsp3) is 0.800. The van der Waals surface area contributed by atoms with Crippen LogP contribution in [0.1, 0.15) is 68.5 Å². The van der Waals surface area contributed by atoms with E-state index in [-0.39, 0.29) is 19.0 Å². The van der Waals surface area contributed by atoms with E-state index in [1.54, 1.807) is 34.6 Å². The number of hydrogen-bond donors (Lipinski definition) is 3. The number of carbonyl (C=O) groups excluding carboxylic acids is 1. The Kier molecular flexibility index (Phi) is 11.4. The molecule has 0 bridgehead atoms. The monoisotopic (exact) mass is 612 g/mol. The summed E-state index contributed by atoms with van der Waals surface area (Å²) in [5.41, 5.74) is -2.69. The quantitative estimate of drug-likeness (QED) is 0.235. The number of halogens is 2. The van der Waals surface area contributed by atoms with Crippen molar-refractivity contribution < 1.29 is 47.0 Å². The summed E-state index contributed by atoms with van der Waals surface area (Å²) in [6.45, 7) is 15.1. The lowest BCUT2D eigenvalue weighted by Gasteiger charge is -2.48. The van der Waals surface area contributed by atoms with Crippen LogP contribution < -0.4 is 11.0 Å². The zero-order valence-corrected chi connectivity index (χ0v) is 25.9. The molecule has 0 aliphatic carbocycles. The van der Waals surface area contributed by atoms with E-state index in [2.05, 4.69) is 10.3 Å². The topological polar surface area (TPSA) is 162 Å². The van der Waals surface area contributed by atoms with Crippen LogP contribution in [0.25, 0.3) is 0 Å². The predicted octanol–water partition coefficient (Wildman–Crippen LogP) is 3.13. The van der Waals surface area contributed by atoms with Crippen molar-refractivity contribution in [1.82, 2.24) is 14.6 Å². The van der Waals surface area contributed by atoms with Gasteiger partial charge in [0.05, 0.1) is 19.8 Å². The number of alkyl halides is 2. The number of aromatic nitrogens is 2. The van der Waals surface area contributed by atoms with Crippen molar-refractivity contribution in [2.45, 2.75) is 104 Å². The van der Waals surface area contributed by atoms with Gasteiger partial charge in [0.15, 0.2) is 12.2 Å². The summed E-state index contributed by atoms with van der Waals surface area (Å²) in [6, 6.07) is 1.10. The number of amides is 1. The van der Waals surface area contributed by atoms with E-state index < -0.39 is 73.0 Å². The Morgan fingerprint density at radius 3 is 2.22 bits per heavy atom. The van der Waals surface area contributed by atoms with Crippen LogP contribution in [0, 0.1) is 5.41 Å². The maximum absolute atomic E-state index is 14.5. The van der Waals surface area contributed by atoms with Gasteiger partial charge in [-0.2, -0.15) is 18.8 Å². The van der Waals surface area contributed by atoms with Crippen LogP contribution in [0.3, 0.4) is 0 Å². The van der Waals surface area contributed by atoms with Crippen LogP contribution >= 0.6 is 7.60 Å². The maximum Gasteiger partial charge on any atom is 0.351 e. The van der Waals surface area contributed by atoms with E-state index in [0.29, 0.717) is 4.57 Å². The highest BCUT2D eigenvalue weighted by atomic mass is 31.2. The second-order valence-corrected chi connectivity index (χ2v) is 13.8. The molecule has 0 aromatic carbocycles. The van der Waals surface area contributed by atoms with Crippen molar-refractivity contribution in [3.05, 3.63) is 22.7 Å². The Morgan fingerprint density at radius 2 is 1.80 bits per heavy atom. The van der Waals surface area contributed by atoms with Crippen molar-refractivity contribution >= 4 is 19.3 Å². The third-order valence-electron chi connectivity index (χ3n) is 6.11. The first-order valence-corrected chi connectivity index (χ1v) is 14.9. The number of nitrogens with one attached hydrogen (secondary N) is 1. The number of rotatable bonds is 12. The molecule has 1 amide bonds. The van der Waals surface area contributed by atoms with Gasteiger partial charge in [0.2, 0.25) is 6.23 Å². The lowest BCUT2D eigenvalue weighted by molar-refractivity contribution is -0.256. The molecule has 1 aromatic rings. The van der Waals surface area contributed by atoms with E-state index in [0.717, 1.165) is 12.3 Å². The molecule has 16 heteroatoms. The number of nitrogens with zero attached hydrogens (tertiary/aromatic N) is 3. The summed E-state index contributed by atoms with van der Waals surface area (Å²) in [6.07, 6.45) is -6.40. The highest BCUT2D eigenvalue weighted by Crippen LogP contribution is 2.60. The van der Waals surface area contributed by atoms with Gasteiger partial charge in [0.25, 0.3) is 5.91 Å². The largest absolute Gasteiger partial charge is 0.394 e. The molecule has 236 valence electrons. The summed E-state index contributed by atoms with van der Waals surface area (Å²) >= 11 is 0. The number of aliphatic hydroxyl groups is 2. The van der Waals surface area contributed by atoms with E-state index in [1.807, 2.05) is 20.8 Å². The van der Waals surface area contributed by atoms with Crippen molar-refractivity contribution in [3.63, 3.8) is 0 Å². The third-order valence-corrected chi connectivity index (χ3v) is 8.93. The molecule has 0 saturated carbocycles. The molecule has 0 radical (unpaired) electrons. The molecule has 1 aliphatic rings. The van der Waals surface area contributed by atoms with Crippen LogP contribution in [-0.2, 0) is 28.0 Å². The molecule has 1 fully saturated rings. The molecule has 1 aromatic heterocycles. The first kappa shape index (κ1) is 35.4. The summed E-state index contributed by atoms with van der Waals surface area (Å²) in [5.74, 6) is -5.80. The lowest BCUT2D eigenvalue weighted by atomic mass is 9.94. The molecule has 41 heavy (non-hydrogen) atoms. The van der Waals surface area contributed by atoms with Gasteiger partial charge in [-0.1, -0.05) is 20.8 Å². The molecule has 1 saturated heterocycles. The smallest absolute Gasteiger partial charge is 0.351 e. The number of anilines is 1. The predicted molar refractivity (Wildman–Crippen MR) is 145 cm³/mol. The first-order valence-electron chi connectivity index (χ1n) is 13.3. The van der Waals surface area contributed by atoms with E-state index >= 15 is 0 Å². The Balaban J connectivity index is 2.31. The molecular weight excluding hydrogens is 569 g/mol. The van der Waals surface area contributed by atoms with Gasteiger partial charge < -0.3 is 29.3 Å². The van der Waals surface area contributed by atoms with E-state index in [1.165, 1.54) is 12.0 Å². The Bertz CT molecular complexity index is 1150. The molecule has 5 atom stereocenters. The first-order chi connectivity index (χ1) is 18.7. The van der Waals surface area contributed by atoms with Crippen LogP contribution in [0.15, 0.2) is 17.1 Å². The zero-order valence-electron chi connectivity index (χ0n) is 25.0. The highest BCUT2D eigenvalue weighted by molar-refractivity contribution is 7.54. The number of hydroxylamine groups is 2. The Hall–Kier alpha value is -1.84. The van der Waals surface area contributed by atoms with E-state index in [4.69, 9.17) is 18.6 Å². The molecule has 3 N–H and O–H groups in total. The summed E-state index contributed by atoms with van der Waals surface area (Å²) < 4.78 is 59.6.